The lowest BCUT2D eigenvalue weighted by atomic mass is 10.1. The molecule has 1 heterocycles. The fraction of sp³-hybridized carbons (Fsp3) is 0.158. The number of halogens is 1. The molecule has 0 unspecified atom stereocenters. The summed E-state index contributed by atoms with van der Waals surface area (Å²) in [7, 11) is 0. The Balaban J connectivity index is 1.87. The Kier molecular flexibility index (Phi) is 6.35. The maximum atomic E-state index is 4.62. The maximum absolute atomic E-state index is 4.62. The van der Waals surface area contributed by atoms with Crippen LogP contribution in [-0.4, -0.2) is 16.2 Å². The van der Waals surface area contributed by atoms with Crippen molar-refractivity contribution in [1.82, 2.24) is 9.97 Å². The minimum Gasteiger partial charge on any atom is -0.337 e. The first-order valence-electron chi connectivity index (χ1n) is 8.23. The van der Waals surface area contributed by atoms with Crippen molar-refractivity contribution in [2.45, 2.75) is 13.3 Å². The minimum absolute atomic E-state index is 0.548. The Morgan fingerprint density at radius 3 is 2.38 bits per heavy atom. The molecule has 7 heteroatoms. The normalized spacial score (nSPS) is 10.4. The van der Waals surface area contributed by atoms with Crippen LogP contribution in [0.4, 0.5) is 28.8 Å². The summed E-state index contributed by atoms with van der Waals surface area (Å²) >= 11 is 5.07. The van der Waals surface area contributed by atoms with Crippen LogP contribution in [0.5, 0.6) is 0 Å². The summed E-state index contributed by atoms with van der Waals surface area (Å²) < 4.78 is 4.06. The highest BCUT2D eigenvalue weighted by Crippen LogP contribution is 2.30. The number of aromatic nitrogens is 2. The van der Waals surface area contributed by atoms with Gasteiger partial charge in [-0.3, -0.25) is 0 Å². The number of benzene rings is 2. The van der Waals surface area contributed by atoms with Gasteiger partial charge in [0.05, 0.1) is 15.8 Å². The number of nitrogens with zero attached hydrogens (tertiary/aromatic N) is 2. The quantitative estimate of drug-likeness (QED) is 0.401. The second-order valence-electron chi connectivity index (χ2n) is 5.50. The zero-order chi connectivity index (χ0) is 18.4. The number of anilines is 5. The summed E-state index contributed by atoms with van der Waals surface area (Å²) in [6.45, 7) is 2.13. The first kappa shape index (κ1) is 18.5. The van der Waals surface area contributed by atoms with Crippen molar-refractivity contribution in [3.8, 4) is 0 Å². The standard InChI is InChI=1S/C19H20BrN5S/c1-3-13-8-4-5-9-15(13)23-19-21-12-14(20)18(24-19)22-16-10-6-7-11-17(16)25-26-2/h4-12,25H,3H2,1-2H3,(H2,21,22,23,24). The number of nitrogens with one attached hydrogen (secondary N) is 3. The van der Waals surface area contributed by atoms with Crippen LogP contribution < -0.4 is 15.4 Å². The second-order valence-corrected chi connectivity index (χ2v) is 6.97. The Bertz CT molecular complexity index is 887. The Hall–Kier alpha value is -2.25. The van der Waals surface area contributed by atoms with Crippen LogP contribution in [0.3, 0.4) is 0 Å². The van der Waals surface area contributed by atoms with E-state index in [-0.39, 0.29) is 0 Å². The fourth-order valence-corrected chi connectivity index (χ4v) is 3.19. The highest BCUT2D eigenvalue weighted by atomic mass is 79.9. The third-order valence-electron chi connectivity index (χ3n) is 3.78. The molecule has 0 bridgehead atoms. The molecule has 3 rings (SSSR count). The molecule has 0 atom stereocenters. The molecule has 0 fully saturated rings. The monoisotopic (exact) mass is 429 g/mol. The van der Waals surface area contributed by atoms with E-state index >= 15 is 0 Å². The van der Waals surface area contributed by atoms with Crippen molar-refractivity contribution in [2.24, 2.45) is 0 Å². The number of aryl methyl sites for hydroxylation is 1. The number of para-hydroxylation sites is 3. The van der Waals surface area contributed by atoms with Gasteiger partial charge in [0.2, 0.25) is 5.95 Å². The third kappa shape index (κ3) is 4.47. The fourth-order valence-electron chi connectivity index (χ4n) is 2.50. The van der Waals surface area contributed by atoms with E-state index in [1.54, 1.807) is 18.1 Å². The van der Waals surface area contributed by atoms with Gasteiger partial charge in [-0.2, -0.15) is 4.98 Å². The van der Waals surface area contributed by atoms with Gasteiger partial charge in [0.1, 0.15) is 5.82 Å². The molecule has 0 aliphatic carbocycles. The summed E-state index contributed by atoms with van der Waals surface area (Å²) in [6, 6.07) is 16.2. The van der Waals surface area contributed by atoms with Crippen LogP contribution in [0.25, 0.3) is 0 Å². The zero-order valence-electron chi connectivity index (χ0n) is 14.6. The molecule has 2 aromatic carbocycles. The predicted octanol–water partition coefficient (Wildman–Crippen LogP) is 5.98. The Morgan fingerprint density at radius 1 is 0.962 bits per heavy atom. The first-order chi connectivity index (χ1) is 12.7. The Labute approximate surface area is 166 Å². The molecule has 1 aromatic heterocycles. The summed E-state index contributed by atoms with van der Waals surface area (Å²) in [6.07, 6.45) is 4.68. The van der Waals surface area contributed by atoms with E-state index in [9.17, 15) is 0 Å². The number of rotatable bonds is 7. The maximum Gasteiger partial charge on any atom is 0.229 e. The summed E-state index contributed by atoms with van der Waals surface area (Å²) in [4.78, 5) is 9.01. The molecule has 134 valence electrons. The van der Waals surface area contributed by atoms with E-state index in [1.807, 2.05) is 48.7 Å². The van der Waals surface area contributed by atoms with E-state index in [0.717, 1.165) is 28.0 Å². The SMILES string of the molecule is CCc1ccccc1Nc1ncc(Br)c(Nc2ccccc2NSC)n1. The molecule has 3 aromatic rings. The van der Waals surface area contributed by atoms with Crippen molar-refractivity contribution in [3.63, 3.8) is 0 Å². The summed E-state index contributed by atoms with van der Waals surface area (Å²) in [5.41, 5.74) is 4.19. The molecule has 0 saturated heterocycles. The predicted molar refractivity (Wildman–Crippen MR) is 116 cm³/mol. The van der Waals surface area contributed by atoms with E-state index in [4.69, 9.17) is 0 Å². The van der Waals surface area contributed by atoms with Crippen molar-refractivity contribution in [2.75, 3.05) is 21.6 Å². The van der Waals surface area contributed by atoms with Crippen LogP contribution in [0.15, 0.2) is 59.2 Å². The average Bonchev–Trinajstić information content (AvgIpc) is 2.66. The molecule has 0 aliphatic rings. The minimum atomic E-state index is 0.548. The Morgan fingerprint density at radius 2 is 1.65 bits per heavy atom. The molecule has 0 spiro atoms. The zero-order valence-corrected chi connectivity index (χ0v) is 17.0. The molecule has 0 radical (unpaired) electrons. The molecular formula is C19H20BrN5S. The number of hydrogen-bond acceptors (Lipinski definition) is 6. The van der Waals surface area contributed by atoms with Gasteiger partial charge in [-0.05, 0) is 46.1 Å². The van der Waals surface area contributed by atoms with Crippen molar-refractivity contribution < 1.29 is 0 Å². The molecule has 0 saturated carbocycles. The first-order valence-corrected chi connectivity index (χ1v) is 10.3. The molecule has 26 heavy (non-hydrogen) atoms. The molecule has 3 N–H and O–H groups in total. The largest absolute Gasteiger partial charge is 0.337 e. The highest BCUT2D eigenvalue weighted by Gasteiger charge is 2.09. The third-order valence-corrected chi connectivity index (χ3v) is 4.79. The van der Waals surface area contributed by atoms with Crippen LogP contribution >= 0.6 is 27.9 Å². The van der Waals surface area contributed by atoms with Gasteiger partial charge in [-0.1, -0.05) is 49.2 Å². The molecule has 0 amide bonds. The van der Waals surface area contributed by atoms with Gasteiger partial charge in [-0.25, -0.2) is 4.98 Å². The van der Waals surface area contributed by atoms with Crippen molar-refractivity contribution >= 4 is 56.7 Å². The lowest BCUT2D eigenvalue weighted by Crippen LogP contribution is -2.04. The summed E-state index contributed by atoms with van der Waals surface area (Å²) in [5, 5.41) is 6.68. The van der Waals surface area contributed by atoms with E-state index < -0.39 is 0 Å². The lowest BCUT2D eigenvalue weighted by Gasteiger charge is -2.14. The van der Waals surface area contributed by atoms with Crippen molar-refractivity contribution in [3.05, 3.63) is 64.8 Å². The van der Waals surface area contributed by atoms with Gasteiger partial charge in [0.25, 0.3) is 0 Å². The van der Waals surface area contributed by atoms with Gasteiger partial charge in [0.15, 0.2) is 0 Å². The second kappa shape index (κ2) is 8.91. The van der Waals surface area contributed by atoms with Gasteiger partial charge < -0.3 is 15.4 Å². The van der Waals surface area contributed by atoms with E-state index in [2.05, 4.69) is 54.2 Å². The lowest BCUT2D eigenvalue weighted by molar-refractivity contribution is 1.11. The van der Waals surface area contributed by atoms with Crippen molar-refractivity contribution in [1.29, 1.82) is 0 Å². The molecule has 5 nitrogen and oxygen atoms in total. The smallest absolute Gasteiger partial charge is 0.229 e. The van der Waals surface area contributed by atoms with Gasteiger partial charge >= 0.3 is 0 Å². The molecular weight excluding hydrogens is 410 g/mol. The van der Waals surface area contributed by atoms with E-state index in [1.165, 1.54) is 5.56 Å². The topological polar surface area (TPSA) is 61.9 Å². The molecule has 0 aliphatic heterocycles. The van der Waals surface area contributed by atoms with Crippen LogP contribution in [0, 0.1) is 0 Å². The average molecular weight is 430 g/mol. The van der Waals surface area contributed by atoms with Crippen LogP contribution in [0.1, 0.15) is 12.5 Å². The van der Waals surface area contributed by atoms with Crippen LogP contribution in [-0.2, 0) is 6.42 Å². The van der Waals surface area contributed by atoms with Gasteiger partial charge in [0, 0.05) is 18.1 Å². The highest BCUT2D eigenvalue weighted by molar-refractivity contribution is 9.10. The van der Waals surface area contributed by atoms with Gasteiger partial charge in [-0.15, -0.1) is 0 Å². The van der Waals surface area contributed by atoms with Crippen LogP contribution in [0.2, 0.25) is 0 Å². The summed E-state index contributed by atoms with van der Waals surface area (Å²) in [5.74, 6) is 1.25. The van der Waals surface area contributed by atoms with E-state index in [0.29, 0.717) is 11.8 Å². The number of hydrogen-bond donors (Lipinski definition) is 3.